The van der Waals surface area contributed by atoms with Gasteiger partial charge in [-0.25, -0.2) is 0 Å². The molecule has 1 rings (SSSR count). The summed E-state index contributed by atoms with van der Waals surface area (Å²) >= 11 is 1.64. The van der Waals surface area contributed by atoms with Gasteiger partial charge in [0.15, 0.2) is 0 Å². The highest BCUT2D eigenvalue weighted by molar-refractivity contribution is 7.10. The minimum absolute atomic E-state index is 0.294. The van der Waals surface area contributed by atoms with E-state index in [1.807, 2.05) is 23.6 Å². The standard InChI is InChI=1S/C8H9NOS/c9-8(10)5-1-3-7-4-2-6-11-7/h1-4,6H,5H2,(H2,9,10). The minimum atomic E-state index is -0.294. The molecule has 1 amide bonds. The van der Waals surface area contributed by atoms with Crippen molar-refractivity contribution in [3.63, 3.8) is 0 Å². The van der Waals surface area contributed by atoms with Crippen LogP contribution in [0.4, 0.5) is 0 Å². The number of carbonyl (C=O) groups is 1. The highest BCUT2D eigenvalue weighted by Gasteiger charge is 1.87. The minimum Gasteiger partial charge on any atom is -0.369 e. The predicted octanol–water partition coefficient (Wildman–Crippen LogP) is 1.64. The molecule has 0 bridgehead atoms. The molecule has 1 aromatic heterocycles. The molecule has 3 heteroatoms. The topological polar surface area (TPSA) is 43.1 Å². The van der Waals surface area contributed by atoms with Crippen molar-refractivity contribution in [2.45, 2.75) is 6.42 Å². The van der Waals surface area contributed by atoms with Crippen molar-refractivity contribution in [2.75, 3.05) is 0 Å². The van der Waals surface area contributed by atoms with E-state index in [9.17, 15) is 4.79 Å². The molecule has 2 N–H and O–H groups in total. The molecule has 11 heavy (non-hydrogen) atoms. The van der Waals surface area contributed by atoms with E-state index in [1.54, 1.807) is 17.4 Å². The largest absolute Gasteiger partial charge is 0.369 e. The third-order valence-electron chi connectivity index (χ3n) is 1.14. The molecule has 0 radical (unpaired) electrons. The zero-order valence-corrected chi connectivity index (χ0v) is 6.80. The van der Waals surface area contributed by atoms with Gasteiger partial charge in [0, 0.05) is 11.3 Å². The van der Waals surface area contributed by atoms with Crippen LogP contribution in [0.1, 0.15) is 11.3 Å². The third-order valence-corrected chi connectivity index (χ3v) is 1.98. The summed E-state index contributed by atoms with van der Waals surface area (Å²) in [6.45, 7) is 0. The number of carbonyl (C=O) groups excluding carboxylic acids is 1. The van der Waals surface area contributed by atoms with Gasteiger partial charge >= 0.3 is 0 Å². The number of rotatable bonds is 3. The molecule has 0 aliphatic rings. The summed E-state index contributed by atoms with van der Waals surface area (Å²) in [4.78, 5) is 11.4. The van der Waals surface area contributed by atoms with E-state index in [0.717, 1.165) is 4.88 Å². The molecule has 0 saturated carbocycles. The van der Waals surface area contributed by atoms with Crippen LogP contribution >= 0.6 is 11.3 Å². The zero-order valence-electron chi connectivity index (χ0n) is 5.99. The fourth-order valence-corrected chi connectivity index (χ4v) is 1.32. The summed E-state index contributed by atoms with van der Waals surface area (Å²) in [5.41, 5.74) is 4.95. The quantitative estimate of drug-likeness (QED) is 0.730. The lowest BCUT2D eigenvalue weighted by Crippen LogP contribution is -2.07. The van der Waals surface area contributed by atoms with Crippen LogP contribution in [0.25, 0.3) is 6.08 Å². The van der Waals surface area contributed by atoms with E-state index >= 15 is 0 Å². The van der Waals surface area contributed by atoms with E-state index in [4.69, 9.17) is 5.73 Å². The van der Waals surface area contributed by atoms with Gasteiger partial charge < -0.3 is 5.73 Å². The molecule has 0 unspecified atom stereocenters. The summed E-state index contributed by atoms with van der Waals surface area (Å²) in [6, 6.07) is 3.96. The molecule has 0 fully saturated rings. The number of hydrogen-bond acceptors (Lipinski definition) is 2. The molecule has 1 heterocycles. The van der Waals surface area contributed by atoms with Gasteiger partial charge in [0.2, 0.25) is 5.91 Å². The summed E-state index contributed by atoms with van der Waals surface area (Å²) in [5.74, 6) is -0.294. The predicted molar refractivity (Wildman–Crippen MR) is 47.2 cm³/mol. The van der Waals surface area contributed by atoms with Crippen LogP contribution < -0.4 is 5.73 Å². The first-order valence-electron chi connectivity index (χ1n) is 3.27. The van der Waals surface area contributed by atoms with Crippen LogP contribution in [0.2, 0.25) is 0 Å². The molecule has 0 aliphatic heterocycles. The maximum atomic E-state index is 10.3. The average molecular weight is 167 g/mol. The van der Waals surface area contributed by atoms with Gasteiger partial charge in [-0.2, -0.15) is 0 Å². The number of primary amides is 1. The van der Waals surface area contributed by atoms with Crippen LogP contribution in [0.3, 0.4) is 0 Å². The number of nitrogens with two attached hydrogens (primary N) is 1. The first-order valence-corrected chi connectivity index (χ1v) is 4.15. The van der Waals surface area contributed by atoms with E-state index in [1.165, 1.54) is 0 Å². The van der Waals surface area contributed by atoms with Crippen LogP contribution in [0.15, 0.2) is 23.6 Å². The summed E-state index contributed by atoms with van der Waals surface area (Å²) in [7, 11) is 0. The van der Waals surface area contributed by atoms with Crippen molar-refractivity contribution in [1.29, 1.82) is 0 Å². The Hall–Kier alpha value is -1.09. The van der Waals surface area contributed by atoms with Crippen LogP contribution in [0, 0.1) is 0 Å². The van der Waals surface area contributed by atoms with Crippen molar-refractivity contribution in [3.8, 4) is 0 Å². The highest BCUT2D eigenvalue weighted by atomic mass is 32.1. The van der Waals surface area contributed by atoms with E-state index in [-0.39, 0.29) is 5.91 Å². The van der Waals surface area contributed by atoms with Gasteiger partial charge in [-0.1, -0.05) is 12.1 Å². The molecular weight excluding hydrogens is 158 g/mol. The van der Waals surface area contributed by atoms with Gasteiger partial charge in [-0.3, -0.25) is 4.79 Å². The smallest absolute Gasteiger partial charge is 0.221 e. The molecule has 0 aromatic carbocycles. The second kappa shape index (κ2) is 3.93. The van der Waals surface area contributed by atoms with Gasteiger partial charge in [0.05, 0.1) is 0 Å². The van der Waals surface area contributed by atoms with E-state index in [0.29, 0.717) is 6.42 Å². The summed E-state index contributed by atoms with van der Waals surface area (Å²) < 4.78 is 0. The molecule has 1 aromatic rings. The average Bonchev–Trinajstić information content (AvgIpc) is 2.39. The summed E-state index contributed by atoms with van der Waals surface area (Å²) in [6.07, 6.45) is 3.99. The number of hydrogen-bond donors (Lipinski definition) is 1. The Morgan fingerprint density at radius 2 is 2.55 bits per heavy atom. The Morgan fingerprint density at radius 1 is 1.73 bits per heavy atom. The maximum Gasteiger partial charge on any atom is 0.221 e. The Bertz CT molecular complexity index is 251. The highest BCUT2D eigenvalue weighted by Crippen LogP contribution is 2.10. The van der Waals surface area contributed by atoms with Crippen molar-refractivity contribution in [1.82, 2.24) is 0 Å². The van der Waals surface area contributed by atoms with Crippen molar-refractivity contribution in [3.05, 3.63) is 28.5 Å². The van der Waals surface area contributed by atoms with E-state index < -0.39 is 0 Å². The van der Waals surface area contributed by atoms with Gasteiger partial charge in [-0.05, 0) is 17.5 Å². The first-order chi connectivity index (χ1) is 5.29. The number of amides is 1. The van der Waals surface area contributed by atoms with Gasteiger partial charge in [-0.15, -0.1) is 11.3 Å². The molecule has 0 saturated heterocycles. The molecule has 0 atom stereocenters. The van der Waals surface area contributed by atoms with Gasteiger partial charge in [0.1, 0.15) is 0 Å². The Balaban J connectivity index is 2.43. The second-order valence-corrected chi connectivity index (χ2v) is 3.07. The molecule has 0 aliphatic carbocycles. The SMILES string of the molecule is NC(=O)CC=Cc1cccs1. The van der Waals surface area contributed by atoms with Crippen LogP contribution in [-0.4, -0.2) is 5.91 Å². The molecular formula is C8H9NOS. The molecule has 2 nitrogen and oxygen atoms in total. The van der Waals surface area contributed by atoms with Gasteiger partial charge in [0.25, 0.3) is 0 Å². The lowest BCUT2D eigenvalue weighted by atomic mass is 10.3. The van der Waals surface area contributed by atoms with Crippen molar-refractivity contribution < 1.29 is 4.79 Å². The fraction of sp³-hybridized carbons (Fsp3) is 0.125. The Morgan fingerprint density at radius 3 is 3.09 bits per heavy atom. The summed E-state index contributed by atoms with van der Waals surface area (Å²) in [5, 5.41) is 1.99. The van der Waals surface area contributed by atoms with Crippen molar-refractivity contribution in [2.24, 2.45) is 5.73 Å². The first kappa shape index (κ1) is 8.01. The Labute approximate surface area is 69.3 Å². The zero-order chi connectivity index (χ0) is 8.10. The maximum absolute atomic E-state index is 10.3. The Kier molecular flexibility index (Phi) is 2.86. The number of thiophene rings is 1. The second-order valence-electron chi connectivity index (χ2n) is 2.09. The fourth-order valence-electron chi connectivity index (χ4n) is 0.677. The normalized spacial score (nSPS) is 10.5. The van der Waals surface area contributed by atoms with E-state index in [2.05, 4.69) is 0 Å². The van der Waals surface area contributed by atoms with Crippen LogP contribution in [-0.2, 0) is 4.79 Å². The third kappa shape index (κ3) is 3.00. The lowest BCUT2D eigenvalue weighted by Gasteiger charge is -1.83. The molecule has 58 valence electrons. The monoisotopic (exact) mass is 167 g/mol. The van der Waals surface area contributed by atoms with Crippen LogP contribution in [0.5, 0.6) is 0 Å². The molecule has 0 spiro atoms. The lowest BCUT2D eigenvalue weighted by molar-refractivity contribution is -0.117. The van der Waals surface area contributed by atoms with Crippen molar-refractivity contribution >= 4 is 23.3 Å².